The van der Waals surface area contributed by atoms with Crippen LogP contribution in [0.25, 0.3) is 0 Å². The van der Waals surface area contributed by atoms with Gasteiger partial charge in [-0.1, -0.05) is 34.6 Å². The second-order valence-electron chi connectivity index (χ2n) is 9.05. The number of esters is 1. The highest BCUT2D eigenvalue weighted by Gasteiger charge is 2.30. The van der Waals surface area contributed by atoms with Crippen molar-refractivity contribution in [3.05, 3.63) is 23.3 Å². The Morgan fingerprint density at radius 2 is 1.70 bits per heavy atom. The van der Waals surface area contributed by atoms with E-state index in [1.807, 2.05) is 0 Å². The van der Waals surface area contributed by atoms with Crippen molar-refractivity contribution >= 4 is 30.4 Å². The number of ether oxygens (including phenoxy) is 1. The summed E-state index contributed by atoms with van der Waals surface area (Å²) in [7, 11) is 1.38. The Balaban J connectivity index is 3.18. The minimum Gasteiger partial charge on any atom is -0.507 e. The average Bonchev–Trinajstić information content (AvgIpc) is 2.50. The smallest absolute Gasteiger partial charge is 0.319 e. The number of benzene rings is 1. The van der Waals surface area contributed by atoms with E-state index in [1.54, 1.807) is 11.8 Å². The Bertz CT molecular complexity index is 659. The van der Waals surface area contributed by atoms with Crippen LogP contribution in [0, 0.1) is 0 Å². The molecule has 0 aliphatic carbocycles. The van der Waals surface area contributed by atoms with Crippen molar-refractivity contribution in [1.29, 1.82) is 0 Å². The molecule has 154 valence electrons. The lowest BCUT2D eigenvalue weighted by molar-refractivity contribution is -0.139. The van der Waals surface area contributed by atoms with Crippen LogP contribution in [0.15, 0.2) is 17.0 Å². The maximum atomic E-state index is 11.3. The standard InChI is InChI=1S/C21H35NO3S2/c1-19(2,3)15-11-14(27-21(6,7)26)12-16(18(15)24)20(4,5)9-10-22-13-17(23)25-8/h11-12,22,24,26H,9-10,13H2,1-8H3. The molecule has 1 aromatic carbocycles. The Morgan fingerprint density at radius 3 is 2.19 bits per heavy atom. The maximum absolute atomic E-state index is 11.3. The molecule has 2 N–H and O–H groups in total. The Morgan fingerprint density at radius 1 is 1.15 bits per heavy atom. The van der Waals surface area contributed by atoms with Crippen molar-refractivity contribution in [1.82, 2.24) is 5.32 Å². The zero-order chi connectivity index (χ0) is 21.0. The molecule has 0 unspecified atom stereocenters. The normalized spacial score (nSPS) is 12.9. The van der Waals surface area contributed by atoms with Crippen LogP contribution in [0.3, 0.4) is 0 Å². The van der Waals surface area contributed by atoms with E-state index in [0.717, 1.165) is 22.4 Å². The van der Waals surface area contributed by atoms with Crippen molar-refractivity contribution in [2.75, 3.05) is 20.2 Å². The van der Waals surface area contributed by atoms with Gasteiger partial charge in [0.2, 0.25) is 0 Å². The number of phenolic OH excluding ortho intramolecular Hbond substituents is 1. The number of hydrogen-bond donors (Lipinski definition) is 3. The lowest BCUT2D eigenvalue weighted by Crippen LogP contribution is -2.30. The fraction of sp³-hybridized carbons (Fsp3) is 0.667. The zero-order valence-electron chi connectivity index (χ0n) is 17.9. The summed E-state index contributed by atoms with van der Waals surface area (Å²) in [6.07, 6.45) is 0.777. The fourth-order valence-electron chi connectivity index (χ4n) is 2.84. The molecule has 0 aliphatic rings. The summed E-state index contributed by atoms with van der Waals surface area (Å²) in [6, 6.07) is 4.15. The molecular formula is C21H35NO3S2. The van der Waals surface area contributed by atoms with Crippen molar-refractivity contribution in [3.8, 4) is 5.75 Å². The Kier molecular flexibility index (Phi) is 8.15. The predicted octanol–water partition coefficient (Wildman–Crippen LogP) is 4.88. The molecule has 6 heteroatoms. The summed E-state index contributed by atoms with van der Waals surface area (Å²) < 4.78 is 4.44. The van der Waals surface area contributed by atoms with Crippen LogP contribution in [-0.2, 0) is 20.4 Å². The molecule has 0 bridgehead atoms. The van der Waals surface area contributed by atoms with Gasteiger partial charge in [-0.05, 0) is 49.8 Å². The van der Waals surface area contributed by atoms with E-state index >= 15 is 0 Å². The molecule has 0 saturated carbocycles. The molecule has 0 radical (unpaired) electrons. The van der Waals surface area contributed by atoms with E-state index in [2.05, 4.69) is 83.3 Å². The highest BCUT2D eigenvalue weighted by Crippen LogP contribution is 2.45. The lowest BCUT2D eigenvalue weighted by atomic mass is 9.77. The second-order valence-corrected chi connectivity index (χ2v) is 12.2. The van der Waals surface area contributed by atoms with Crippen molar-refractivity contribution in [2.24, 2.45) is 0 Å². The molecule has 4 nitrogen and oxygen atoms in total. The molecule has 0 spiro atoms. The van der Waals surface area contributed by atoms with Gasteiger partial charge in [-0.25, -0.2) is 0 Å². The molecule has 0 aromatic heterocycles. The Labute approximate surface area is 174 Å². The van der Waals surface area contributed by atoms with E-state index in [1.165, 1.54) is 7.11 Å². The van der Waals surface area contributed by atoms with E-state index in [-0.39, 0.29) is 27.4 Å². The summed E-state index contributed by atoms with van der Waals surface area (Å²) in [4.78, 5) is 12.4. The van der Waals surface area contributed by atoms with Gasteiger partial charge in [0.1, 0.15) is 5.75 Å². The van der Waals surface area contributed by atoms with Gasteiger partial charge >= 0.3 is 5.97 Å². The van der Waals surface area contributed by atoms with Gasteiger partial charge in [-0.2, -0.15) is 12.6 Å². The van der Waals surface area contributed by atoms with Gasteiger partial charge < -0.3 is 15.2 Å². The van der Waals surface area contributed by atoms with E-state index < -0.39 is 0 Å². The largest absolute Gasteiger partial charge is 0.507 e. The molecule has 0 fully saturated rings. The molecule has 0 atom stereocenters. The average molecular weight is 414 g/mol. The van der Waals surface area contributed by atoms with Crippen LogP contribution in [0.2, 0.25) is 0 Å². The zero-order valence-corrected chi connectivity index (χ0v) is 19.6. The van der Waals surface area contributed by atoms with Gasteiger partial charge in [0.15, 0.2) is 0 Å². The van der Waals surface area contributed by atoms with Crippen LogP contribution < -0.4 is 5.32 Å². The number of carbonyl (C=O) groups excluding carboxylic acids is 1. The summed E-state index contributed by atoms with van der Waals surface area (Å²) in [6.45, 7) is 15.5. The molecule has 0 heterocycles. The predicted molar refractivity (Wildman–Crippen MR) is 118 cm³/mol. The summed E-state index contributed by atoms with van der Waals surface area (Å²) >= 11 is 6.33. The molecule has 0 aliphatic heterocycles. The molecule has 0 saturated heterocycles. The number of phenols is 1. The van der Waals surface area contributed by atoms with Gasteiger partial charge in [0.05, 0.1) is 17.7 Å². The number of rotatable bonds is 8. The number of methoxy groups -OCH3 is 1. The number of carbonyl (C=O) groups is 1. The van der Waals surface area contributed by atoms with Crippen molar-refractivity contribution < 1.29 is 14.6 Å². The topological polar surface area (TPSA) is 58.6 Å². The second kappa shape index (κ2) is 9.10. The van der Waals surface area contributed by atoms with Gasteiger partial charge in [0, 0.05) is 16.0 Å². The van der Waals surface area contributed by atoms with Gasteiger partial charge in [0.25, 0.3) is 0 Å². The van der Waals surface area contributed by atoms with Crippen LogP contribution in [0.1, 0.15) is 66.0 Å². The number of thiol groups is 1. The summed E-state index contributed by atoms with van der Waals surface area (Å²) in [5, 5.41) is 14.1. The first kappa shape index (κ1) is 24.2. The summed E-state index contributed by atoms with van der Waals surface area (Å²) in [5.74, 6) is 0.0851. The molecule has 0 amide bonds. The third-order valence-corrected chi connectivity index (χ3v) is 5.66. The van der Waals surface area contributed by atoms with E-state index in [9.17, 15) is 9.90 Å². The number of nitrogens with one attached hydrogen (secondary N) is 1. The van der Waals surface area contributed by atoms with Crippen molar-refractivity contribution in [2.45, 2.75) is 74.7 Å². The van der Waals surface area contributed by atoms with Crippen molar-refractivity contribution in [3.63, 3.8) is 0 Å². The van der Waals surface area contributed by atoms with E-state index in [0.29, 0.717) is 12.3 Å². The van der Waals surface area contributed by atoms with Gasteiger partial charge in [-0.3, -0.25) is 4.79 Å². The molecule has 1 rings (SSSR count). The number of aromatic hydroxyl groups is 1. The first-order valence-electron chi connectivity index (χ1n) is 9.24. The Hall–Kier alpha value is -0.850. The quantitative estimate of drug-likeness (QED) is 0.186. The lowest BCUT2D eigenvalue weighted by Gasteiger charge is -2.31. The molecule has 27 heavy (non-hydrogen) atoms. The number of hydrogen-bond acceptors (Lipinski definition) is 6. The number of thioether (sulfide) groups is 1. The highest BCUT2D eigenvalue weighted by molar-refractivity contribution is 8.11. The first-order chi connectivity index (χ1) is 12.2. The van der Waals surface area contributed by atoms with Crippen LogP contribution in [-0.4, -0.2) is 35.4 Å². The van der Waals surface area contributed by atoms with Crippen LogP contribution in [0.4, 0.5) is 0 Å². The fourth-order valence-corrected chi connectivity index (χ4v) is 4.09. The minimum absolute atomic E-state index is 0.171. The molecule has 1 aromatic rings. The van der Waals surface area contributed by atoms with E-state index in [4.69, 9.17) is 0 Å². The monoisotopic (exact) mass is 413 g/mol. The third-order valence-electron chi connectivity index (χ3n) is 4.41. The first-order valence-corrected chi connectivity index (χ1v) is 10.5. The van der Waals surface area contributed by atoms with Crippen LogP contribution in [0.5, 0.6) is 5.75 Å². The van der Waals surface area contributed by atoms with Crippen LogP contribution >= 0.6 is 24.4 Å². The van der Waals surface area contributed by atoms with Gasteiger partial charge in [-0.15, -0.1) is 11.8 Å². The maximum Gasteiger partial charge on any atom is 0.319 e. The molecular weight excluding hydrogens is 378 g/mol. The highest BCUT2D eigenvalue weighted by atomic mass is 32.2. The SMILES string of the molecule is COC(=O)CNCCC(C)(C)c1cc(SC(C)(C)S)cc(C(C)(C)C)c1O. The third kappa shape index (κ3) is 7.59. The minimum atomic E-state index is -0.278. The summed E-state index contributed by atoms with van der Waals surface area (Å²) in [5.41, 5.74) is 1.44.